The van der Waals surface area contributed by atoms with Gasteiger partial charge in [-0.1, -0.05) is 233 Å². The standard InChI is InChI=1S/C56H97NO3/c1-3-5-7-9-11-13-15-17-19-21-23-25-26-27-28-29-30-32-34-36-38-40-42-44-46-48-50-52-56(60)57-54(53-58)55(59)51-49-47-45-43-41-39-37-35-33-31-24-22-20-18-16-14-12-10-8-6-4-2/h5,7,11,13,17,19,23,25,27-28,33,35,41,43,49,51,54-55,58-59H,3-4,6,8-10,12,14-16,18,20-22,24,26,29-32,34,36-40,42,44-48,50,52-53H2,1-2H3,(H,57,60)/b7-5-,13-11-,19-17-,25-23-,28-27-,35-33+,43-41+,51-49+. The van der Waals surface area contributed by atoms with E-state index in [0.717, 1.165) is 70.6 Å². The van der Waals surface area contributed by atoms with Crippen LogP contribution in [-0.2, 0) is 4.79 Å². The Kier molecular flexibility index (Phi) is 48.4. The van der Waals surface area contributed by atoms with Gasteiger partial charge in [0, 0.05) is 6.42 Å². The molecular formula is C56H97NO3. The average molecular weight is 832 g/mol. The number of aliphatic hydroxyl groups is 2. The van der Waals surface area contributed by atoms with Crippen molar-refractivity contribution in [3.8, 4) is 0 Å². The Morgan fingerprint density at radius 1 is 0.417 bits per heavy atom. The zero-order valence-electron chi connectivity index (χ0n) is 39.4. The number of hydrogen-bond donors (Lipinski definition) is 3. The fourth-order valence-electron chi connectivity index (χ4n) is 7.18. The summed E-state index contributed by atoms with van der Waals surface area (Å²) in [5.74, 6) is -0.0846. The fourth-order valence-corrected chi connectivity index (χ4v) is 7.18. The highest BCUT2D eigenvalue weighted by Gasteiger charge is 2.17. The van der Waals surface area contributed by atoms with Crippen molar-refractivity contribution in [2.75, 3.05) is 6.61 Å². The van der Waals surface area contributed by atoms with Gasteiger partial charge in [-0.3, -0.25) is 4.79 Å². The van der Waals surface area contributed by atoms with Crippen molar-refractivity contribution in [2.45, 2.75) is 244 Å². The summed E-state index contributed by atoms with van der Waals surface area (Å²) in [6.07, 6.45) is 75.4. The quantitative estimate of drug-likeness (QED) is 0.0423. The summed E-state index contributed by atoms with van der Waals surface area (Å²) >= 11 is 0. The first-order chi connectivity index (χ1) is 29.7. The number of amides is 1. The third-order valence-electron chi connectivity index (χ3n) is 11.0. The van der Waals surface area contributed by atoms with E-state index in [0.29, 0.717) is 6.42 Å². The van der Waals surface area contributed by atoms with Gasteiger partial charge in [0.05, 0.1) is 18.8 Å². The molecule has 3 N–H and O–H groups in total. The topological polar surface area (TPSA) is 69.6 Å². The third kappa shape index (κ3) is 46.4. The Balaban J connectivity index is 3.63. The molecule has 2 atom stereocenters. The molecule has 0 aliphatic rings. The maximum atomic E-state index is 12.4. The van der Waals surface area contributed by atoms with Crippen LogP contribution in [0.15, 0.2) is 97.2 Å². The van der Waals surface area contributed by atoms with Crippen LogP contribution in [0, 0.1) is 0 Å². The zero-order valence-corrected chi connectivity index (χ0v) is 39.4. The first-order valence-electron chi connectivity index (χ1n) is 25.5. The van der Waals surface area contributed by atoms with Crippen LogP contribution < -0.4 is 5.32 Å². The number of rotatable bonds is 45. The Hall–Kier alpha value is -2.69. The van der Waals surface area contributed by atoms with Crippen molar-refractivity contribution in [1.29, 1.82) is 0 Å². The number of aliphatic hydroxyl groups excluding tert-OH is 2. The highest BCUT2D eigenvalue weighted by Crippen LogP contribution is 2.14. The number of unbranched alkanes of at least 4 members (excludes halogenated alkanes) is 24. The number of nitrogens with one attached hydrogen (secondary N) is 1. The van der Waals surface area contributed by atoms with Crippen molar-refractivity contribution in [3.05, 3.63) is 97.2 Å². The molecule has 0 fully saturated rings. The second-order valence-corrected chi connectivity index (χ2v) is 16.8. The van der Waals surface area contributed by atoms with Gasteiger partial charge in [-0.15, -0.1) is 0 Å². The van der Waals surface area contributed by atoms with Gasteiger partial charge < -0.3 is 15.5 Å². The lowest BCUT2D eigenvalue weighted by molar-refractivity contribution is -0.123. The Morgan fingerprint density at radius 3 is 1.17 bits per heavy atom. The maximum Gasteiger partial charge on any atom is 0.220 e. The molecule has 60 heavy (non-hydrogen) atoms. The van der Waals surface area contributed by atoms with E-state index >= 15 is 0 Å². The van der Waals surface area contributed by atoms with Gasteiger partial charge in [0.1, 0.15) is 0 Å². The van der Waals surface area contributed by atoms with Crippen molar-refractivity contribution < 1.29 is 15.0 Å². The van der Waals surface area contributed by atoms with Gasteiger partial charge in [-0.05, 0) is 89.9 Å². The molecule has 0 radical (unpaired) electrons. The first-order valence-corrected chi connectivity index (χ1v) is 25.5. The molecule has 0 aliphatic carbocycles. The van der Waals surface area contributed by atoms with E-state index in [4.69, 9.17) is 0 Å². The largest absolute Gasteiger partial charge is 0.394 e. The van der Waals surface area contributed by atoms with Crippen LogP contribution in [0.5, 0.6) is 0 Å². The number of carbonyl (C=O) groups excluding carboxylic acids is 1. The minimum Gasteiger partial charge on any atom is -0.394 e. The first kappa shape index (κ1) is 57.3. The normalized spacial score (nSPS) is 13.7. The summed E-state index contributed by atoms with van der Waals surface area (Å²) in [5.41, 5.74) is 0. The summed E-state index contributed by atoms with van der Waals surface area (Å²) in [5, 5.41) is 23.1. The summed E-state index contributed by atoms with van der Waals surface area (Å²) < 4.78 is 0. The number of allylic oxidation sites excluding steroid dienone is 15. The molecule has 0 aromatic carbocycles. The van der Waals surface area contributed by atoms with Crippen LogP contribution in [-0.4, -0.2) is 34.9 Å². The monoisotopic (exact) mass is 832 g/mol. The Bertz CT molecular complexity index is 1130. The number of hydrogen-bond acceptors (Lipinski definition) is 3. The van der Waals surface area contributed by atoms with Gasteiger partial charge in [0.15, 0.2) is 0 Å². The molecule has 0 aromatic rings. The molecule has 0 rings (SSSR count). The van der Waals surface area contributed by atoms with Crippen molar-refractivity contribution in [2.24, 2.45) is 0 Å². The minimum absolute atomic E-state index is 0.0846. The fraction of sp³-hybridized carbons (Fsp3) is 0.696. The van der Waals surface area contributed by atoms with E-state index in [-0.39, 0.29) is 12.5 Å². The second-order valence-electron chi connectivity index (χ2n) is 16.8. The second kappa shape index (κ2) is 50.7. The van der Waals surface area contributed by atoms with Gasteiger partial charge in [0.2, 0.25) is 5.91 Å². The summed E-state index contributed by atoms with van der Waals surface area (Å²) in [4.78, 5) is 12.4. The Labute approximate surface area is 373 Å². The average Bonchev–Trinajstić information content (AvgIpc) is 3.25. The lowest BCUT2D eigenvalue weighted by atomic mass is 10.0. The van der Waals surface area contributed by atoms with Crippen molar-refractivity contribution in [1.82, 2.24) is 5.32 Å². The molecular weight excluding hydrogens is 735 g/mol. The van der Waals surface area contributed by atoms with Crippen LogP contribution in [0.4, 0.5) is 0 Å². The van der Waals surface area contributed by atoms with Crippen LogP contribution >= 0.6 is 0 Å². The van der Waals surface area contributed by atoms with Crippen LogP contribution in [0.2, 0.25) is 0 Å². The van der Waals surface area contributed by atoms with E-state index < -0.39 is 12.1 Å². The molecule has 0 saturated heterocycles. The molecule has 4 nitrogen and oxygen atoms in total. The van der Waals surface area contributed by atoms with Gasteiger partial charge >= 0.3 is 0 Å². The van der Waals surface area contributed by atoms with E-state index in [1.54, 1.807) is 6.08 Å². The summed E-state index contributed by atoms with van der Waals surface area (Å²) in [6.45, 7) is 4.18. The summed E-state index contributed by atoms with van der Waals surface area (Å²) in [6, 6.07) is -0.653. The SMILES string of the molecule is CC/C=C\C/C=C\C/C=C\C/C=C\C/C=C\CCCCCCCCCCCCCC(=O)NC(CO)C(O)/C=C/CC/C=C/CC/C=C/CCCCCCCCCCCCC. The highest BCUT2D eigenvalue weighted by atomic mass is 16.3. The highest BCUT2D eigenvalue weighted by molar-refractivity contribution is 5.76. The zero-order chi connectivity index (χ0) is 43.5. The third-order valence-corrected chi connectivity index (χ3v) is 11.0. The molecule has 2 unspecified atom stereocenters. The molecule has 0 bridgehead atoms. The minimum atomic E-state index is -0.878. The van der Waals surface area contributed by atoms with Crippen LogP contribution in [0.25, 0.3) is 0 Å². The molecule has 344 valence electrons. The molecule has 4 heteroatoms. The lowest BCUT2D eigenvalue weighted by Crippen LogP contribution is -2.45. The summed E-state index contributed by atoms with van der Waals surface area (Å²) in [7, 11) is 0. The van der Waals surface area contributed by atoms with E-state index in [9.17, 15) is 15.0 Å². The van der Waals surface area contributed by atoms with Crippen LogP contribution in [0.3, 0.4) is 0 Å². The van der Waals surface area contributed by atoms with Crippen molar-refractivity contribution >= 4 is 5.91 Å². The van der Waals surface area contributed by atoms with Crippen LogP contribution in [0.1, 0.15) is 232 Å². The maximum absolute atomic E-state index is 12.4. The Morgan fingerprint density at radius 2 is 0.750 bits per heavy atom. The van der Waals surface area contributed by atoms with Gasteiger partial charge in [-0.25, -0.2) is 0 Å². The smallest absolute Gasteiger partial charge is 0.220 e. The van der Waals surface area contributed by atoms with E-state index in [1.165, 1.54) is 141 Å². The van der Waals surface area contributed by atoms with E-state index in [2.05, 4.69) is 104 Å². The van der Waals surface area contributed by atoms with Crippen molar-refractivity contribution in [3.63, 3.8) is 0 Å². The molecule has 0 aromatic heterocycles. The van der Waals surface area contributed by atoms with Gasteiger partial charge in [0.25, 0.3) is 0 Å². The van der Waals surface area contributed by atoms with Gasteiger partial charge in [-0.2, -0.15) is 0 Å². The predicted molar refractivity (Wildman–Crippen MR) is 266 cm³/mol. The molecule has 1 amide bonds. The van der Waals surface area contributed by atoms with E-state index in [1.807, 2.05) is 6.08 Å². The molecule has 0 saturated carbocycles. The lowest BCUT2D eigenvalue weighted by Gasteiger charge is -2.19. The number of carbonyl (C=O) groups is 1. The predicted octanol–water partition coefficient (Wildman–Crippen LogP) is 16.6. The molecule has 0 heterocycles. The molecule has 0 spiro atoms. The molecule has 0 aliphatic heterocycles.